The second-order valence-corrected chi connectivity index (χ2v) is 8.89. The Morgan fingerprint density at radius 3 is 2.51 bits per heavy atom. The number of anilines is 1. The fraction of sp³-hybridized carbons (Fsp3) is 0.214. The summed E-state index contributed by atoms with van der Waals surface area (Å²) < 4.78 is 11.8. The van der Waals surface area contributed by atoms with Gasteiger partial charge < -0.3 is 13.8 Å². The second-order valence-electron chi connectivity index (χ2n) is 8.89. The Morgan fingerprint density at radius 1 is 0.943 bits per heavy atom. The van der Waals surface area contributed by atoms with Crippen LogP contribution in [0.2, 0.25) is 0 Å². The molecule has 35 heavy (non-hydrogen) atoms. The maximum Gasteiger partial charge on any atom is 0.235 e. The molecule has 3 heterocycles. The molecule has 7 heteroatoms. The quantitative estimate of drug-likeness (QED) is 0.319. The van der Waals surface area contributed by atoms with E-state index in [1.165, 1.54) is 0 Å². The van der Waals surface area contributed by atoms with E-state index in [-0.39, 0.29) is 5.92 Å². The number of hydrogen-bond donors (Lipinski definition) is 0. The van der Waals surface area contributed by atoms with Gasteiger partial charge in [-0.05, 0) is 42.7 Å². The smallest absolute Gasteiger partial charge is 0.235 e. The van der Waals surface area contributed by atoms with E-state index in [4.69, 9.17) is 13.9 Å². The molecule has 0 bridgehead atoms. The molecule has 1 aliphatic heterocycles. The average molecular weight is 462 g/mol. The number of hydrogen-bond acceptors (Lipinski definition) is 7. The summed E-state index contributed by atoms with van der Waals surface area (Å²) >= 11 is 0. The third-order valence-corrected chi connectivity index (χ3v) is 6.62. The third-order valence-electron chi connectivity index (χ3n) is 6.62. The van der Waals surface area contributed by atoms with Gasteiger partial charge in [0.1, 0.15) is 6.07 Å². The highest BCUT2D eigenvalue weighted by Gasteiger charge is 2.29. The normalized spacial score (nSPS) is 14.3. The number of fused-ring (bicyclic) bond motifs is 1. The predicted octanol–water partition coefficient (Wildman–Crippen LogP) is 6.11. The zero-order chi connectivity index (χ0) is 23.8. The summed E-state index contributed by atoms with van der Waals surface area (Å²) in [6, 6.07) is 24.4. The van der Waals surface area contributed by atoms with E-state index in [0.29, 0.717) is 42.3 Å². The number of aryl methyl sites for hydroxylation is 1. The molecule has 1 saturated heterocycles. The van der Waals surface area contributed by atoms with Crippen LogP contribution >= 0.6 is 0 Å². The summed E-state index contributed by atoms with van der Waals surface area (Å²) in [5.74, 6) is 2.43. The van der Waals surface area contributed by atoms with E-state index < -0.39 is 0 Å². The van der Waals surface area contributed by atoms with Crippen molar-refractivity contribution in [3.05, 3.63) is 83.9 Å². The molecule has 0 spiro atoms. The van der Waals surface area contributed by atoms with Gasteiger partial charge in [-0.25, -0.2) is 0 Å². The Bertz CT molecular complexity index is 1530. The lowest BCUT2D eigenvalue weighted by Gasteiger charge is -2.29. The molecule has 0 radical (unpaired) electrons. The lowest BCUT2D eigenvalue weighted by atomic mass is 9.96. The molecule has 0 unspecified atom stereocenters. The van der Waals surface area contributed by atoms with Crippen LogP contribution in [0.25, 0.3) is 33.6 Å². The van der Waals surface area contributed by atoms with Crippen LogP contribution in [0.3, 0.4) is 0 Å². The minimum Gasteiger partial charge on any atom is -0.419 e. The van der Waals surface area contributed by atoms with Gasteiger partial charge in [0.05, 0.1) is 0 Å². The molecule has 0 aliphatic carbocycles. The number of aromatic nitrogens is 3. The maximum absolute atomic E-state index is 9.64. The van der Waals surface area contributed by atoms with Crippen molar-refractivity contribution in [3.8, 4) is 28.9 Å². The highest BCUT2D eigenvalue weighted by molar-refractivity contribution is 5.94. The minimum atomic E-state index is 0.160. The number of oxazole rings is 1. The first-order chi connectivity index (χ1) is 17.2. The predicted molar refractivity (Wildman–Crippen MR) is 133 cm³/mol. The van der Waals surface area contributed by atoms with Crippen molar-refractivity contribution in [2.75, 3.05) is 18.0 Å². The van der Waals surface area contributed by atoms with Crippen LogP contribution in [-0.2, 0) is 0 Å². The topological polar surface area (TPSA) is 92.0 Å². The molecule has 0 atom stereocenters. The number of nitrogens with zero attached hydrogens (tertiary/aromatic N) is 5. The summed E-state index contributed by atoms with van der Waals surface area (Å²) in [6.45, 7) is 3.46. The van der Waals surface area contributed by atoms with Crippen molar-refractivity contribution in [2.24, 2.45) is 0 Å². The number of nitriles is 1. The molecule has 1 fully saturated rings. The Kier molecular flexibility index (Phi) is 5.27. The molecule has 0 amide bonds. The fourth-order valence-corrected chi connectivity index (χ4v) is 4.68. The van der Waals surface area contributed by atoms with Crippen LogP contribution in [0, 0.1) is 18.3 Å². The van der Waals surface area contributed by atoms with Crippen LogP contribution in [0.15, 0.2) is 75.7 Å². The van der Waals surface area contributed by atoms with E-state index >= 15 is 0 Å². The van der Waals surface area contributed by atoms with E-state index in [1.807, 2.05) is 55.5 Å². The Morgan fingerprint density at radius 2 is 1.71 bits per heavy atom. The van der Waals surface area contributed by atoms with Crippen molar-refractivity contribution < 1.29 is 8.94 Å². The molecular weight excluding hydrogens is 438 g/mol. The lowest BCUT2D eigenvalue weighted by molar-refractivity contribution is 0.327. The number of rotatable bonds is 4. The van der Waals surface area contributed by atoms with Gasteiger partial charge in [0, 0.05) is 30.1 Å². The van der Waals surface area contributed by atoms with E-state index in [0.717, 1.165) is 40.3 Å². The first-order valence-corrected chi connectivity index (χ1v) is 11.7. The average Bonchev–Trinajstić information content (AvgIpc) is 3.57. The highest BCUT2D eigenvalue weighted by atomic mass is 16.5. The zero-order valence-corrected chi connectivity index (χ0v) is 19.3. The lowest BCUT2D eigenvalue weighted by Crippen LogP contribution is -2.33. The first kappa shape index (κ1) is 21.1. The van der Waals surface area contributed by atoms with Crippen molar-refractivity contribution in [3.63, 3.8) is 0 Å². The van der Waals surface area contributed by atoms with Gasteiger partial charge >= 0.3 is 0 Å². The van der Waals surface area contributed by atoms with Crippen molar-refractivity contribution in [1.82, 2.24) is 15.1 Å². The fourth-order valence-electron chi connectivity index (χ4n) is 4.68. The van der Waals surface area contributed by atoms with Crippen molar-refractivity contribution in [1.29, 1.82) is 5.26 Å². The van der Waals surface area contributed by atoms with Gasteiger partial charge in [0.15, 0.2) is 0 Å². The summed E-state index contributed by atoms with van der Waals surface area (Å²) in [6.07, 6.45) is 1.64. The van der Waals surface area contributed by atoms with Gasteiger partial charge in [-0.3, -0.25) is 0 Å². The van der Waals surface area contributed by atoms with Gasteiger partial charge in [-0.15, -0.1) is 0 Å². The van der Waals surface area contributed by atoms with Gasteiger partial charge in [-0.1, -0.05) is 65.3 Å². The molecule has 3 aromatic carbocycles. The van der Waals surface area contributed by atoms with Gasteiger partial charge in [0.2, 0.25) is 29.2 Å². The third kappa shape index (κ3) is 3.93. The van der Waals surface area contributed by atoms with Crippen LogP contribution < -0.4 is 4.90 Å². The van der Waals surface area contributed by atoms with Crippen LogP contribution in [0.4, 0.5) is 5.88 Å². The molecule has 172 valence electrons. The Hall–Kier alpha value is -4.44. The van der Waals surface area contributed by atoms with Crippen LogP contribution in [-0.4, -0.2) is 28.2 Å². The highest BCUT2D eigenvalue weighted by Crippen LogP contribution is 2.35. The summed E-state index contributed by atoms with van der Waals surface area (Å²) in [5.41, 5.74) is 3.31. The Labute approximate surface area is 202 Å². The zero-order valence-electron chi connectivity index (χ0n) is 19.3. The second kappa shape index (κ2) is 8.73. The molecular formula is C28H23N5O2. The Balaban J connectivity index is 1.19. The summed E-state index contributed by atoms with van der Waals surface area (Å²) in [5, 5.41) is 16.2. The molecule has 5 aromatic rings. The maximum atomic E-state index is 9.64. The largest absolute Gasteiger partial charge is 0.419 e. The van der Waals surface area contributed by atoms with E-state index in [9.17, 15) is 5.26 Å². The van der Waals surface area contributed by atoms with E-state index in [2.05, 4.69) is 39.3 Å². The number of benzene rings is 3. The van der Waals surface area contributed by atoms with Gasteiger partial charge in [0.25, 0.3) is 0 Å². The molecule has 0 saturated carbocycles. The SMILES string of the molecule is Cc1ccc(-c2nc(C#N)c(N3CCC(c4nc(-c5cccc6ccccc56)no4)CC3)o2)cc1. The summed E-state index contributed by atoms with van der Waals surface area (Å²) in [4.78, 5) is 11.3. The first-order valence-electron chi connectivity index (χ1n) is 11.7. The molecule has 7 nitrogen and oxygen atoms in total. The number of piperidine rings is 1. The van der Waals surface area contributed by atoms with Crippen molar-refractivity contribution in [2.45, 2.75) is 25.7 Å². The van der Waals surface area contributed by atoms with Gasteiger partial charge in [-0.2, -0.15) is 15.2 Å². The summed E-state index contributed by atoms with van der Waals surface area (Å²) in [7, 11) is 0. The van der Waals surface area contributed by atoms with E-state index in [1.54, 1.807) is 0 Å². The molecule has 2 aromatic heterocycles. The molecule has 1 aliphatic rings. The van der Waals surface area contributed by atoms with Crippen LogP contribution in [0.5, 0.6) is 0 Å². The standard InChI is InChI=1S/C28H23N5O2/c1-18-9-11-20(12-10-18)26-30-24(17-29)28(34-26)33-15-13-21(14-16-33)27-31-25(32-35-27)23-8-4-6-19-5-2-3-7-22(19)23/h2-12,21H,13-16H2,1H3. The monoisotopic (exact) mass is 461 g/mol. The molecule has 0 N–H and O–H groups in total. The van der Waals surface area contributed by atoms with Crippen molar-refractivity contribution >= 4 is 16.7 Å². The molecule has 6 rings (SSSR count). The minimum absolute atomic E-state index is 0.160. The van der Waals surface area contributed by atoms with Crippen LogP contribution in [0.1, 0.15) is 35.9 Å².